The zero-order valence-corrected chi connectivity index (χ0v) is 8.29. The van der Waals surface area contributed by atoms with E-state index in [9.17, 15) is 4.39 Å². The van der Waals surface area contributed by atoms with Gasteiger partial charge in [-0.25, -0.2) is 4.39 Å². The number of rotatable bonds is 1. The van der Waals surface area contributed by atoms with Crippen molar-refractivity contribution < 1.29 is 4.39 Å². The van der Waals surface area contributed by atoms with Crippen molar-refractivity contribution in [1.82, 2.24) is 4.98 Å². The van der Waals surface area contributed by atoms with E-state index in [0.29, 0.717) is 11.3 Å². The van der Waals surface area contributed by atoms with Gasteiger partial charge in [-0.3, -0.25) is 4.98 Å². The van der Waals surface area contributed by atoms with Crippen molar-refractivity contribution in [1.29, 1.82) is 0 Å². The fourth-order valence-electron chi connectivity index (χ4n) is 1.64. The van der Waals surface area contributed by atoms with Crippen LogP contribution in [0.15, 0.2) is 30.6 Å². The average molecular weight is 189 g/mol. The third-order valence-corrected chi connectivity index (χ3v) is 2.40. The van der Waals surface area contributed by atoms with Gasteiger partial charge in [-0.05, 0) is 22.9 Å². The molecule has 0 bridgehead atoms. The molecule has 0 fully saturated rings. The van der Waals surface area contributed by atoms with Crippen molar-refractivity contribution >= 4 is 10.8 Å². The van der Waals surface area contributed by atoms with E-state index in [0.717, 1.165) is 10.9 Å². The van der Waals surface area contributed by atoms with Crippen molar-refractivity contribution in [2.45, 2.75) is 19.8 Å². The summed E-state index contributed by atoms with van der Waals surface area (Å²) in [5, 5.41) is 1.58. The molecular weight excluding hydrogens is 177 g/mol. The van der Waals surface area contributed by atoms with E-state index in [1.54, 1.807) is 12.3 Å². The first-order chi connectivity index (χ1) is 6.70. The highest BCUT2D eigenvalue weighted by atomic mass is 19.1. The number of aromatic nitrogens is 1. The van der Waals surface area contributed by atoms with Crippen LogP contribution in [0.2, 0.25) is 0 Å². The molecule has 0 radical (unpaired) electrons. The van der Waals surface area contributed by atoms with Crippen LogP contribution in [0.3, 0.4) is 0 Å². The van der Waals surface area contributed by atoms with Crippen molar-refractivity contribution in [3.63, 3.8) is 0 Å². The van der Waals surface area contributed by atoms with Crippen LogP contribution in [-0.2, 0) is 0 Å². The molecule has 2 heteroatoms. The average Bonchev–Trinajstić information content (AvgIpc) is 2.17. The molecule has 0 atom stereocenters. The van der Waals surface area contributed by atoms with Gasteiger partial charge in [0.15, 0.2) is 0 Å². The van der Waals surface area contributed by atoms with Gasteiger partial charge >= 0.3 is 0 Å². The van der Waals surface area contributed by atoms with Gasteiger partial charge in [0.1, 0.15) is 5.82 Å². The van der Waals surface area contributed by atoms with Gasteiger partial charge in [0.25, 0.3) is 0 Å². The van der Waals surface area contributed by atoms with Crippen LogP contribution in [0.5, 0.6) is 0 Å². The predicted molar refractivity (Wildman–Crippen MR) is 55.8 cm³/mol. The van der Waals surface area contributed by atoms with Crippen LogP contribution < -0.4 is 0 Å². The van der Waals surface area contributed by atoms with E-state index in [1.807, 2.05) is 12.3 Å². The first kappa shape index (κ1) is 9.13. The molecule has 2 rings (SSSR count). The van der Waals surface area contributed by atoms with Crippen molar-refractivity contribution in [2.24, 2.45) is 0 Å². The zero-order chi connectivity index (χ0) is 10.1. The van der Waals surface area contributed by atoms with E-state index in [-0.39, 0.29) is 5.82 Å². The van der Waals surface area contributed by atoms with E-state index in [2.05, 4.69) is 18.8 Å². The molecule has 1 heterocycles. The molecule has 1 nitrogen and oxygen atoms in total. The molecule has 1 aromatic carbocycles. The van der Waals surface area contributed by atoms with Crippen molar-refractivity contribution in [2.75, 3.05) is 0 Å². The fourth-order valence-corrected chi connectivity index (χ4v) is 1.64. The number of nitrogens with zero attached hydrogens (tertiary/aromatic N) is 1. The Morgan fingerprint density at radius 3 is 2.64 bits per heavy atom. The molecule has 0 aliphatic carbocycles. The second kappa shape index (κ2) is 3.37. The molecule has 0 spiro atoms. The maximum Gasteiger partial charge on any atom is 0.132 e. The Morgan fingerprint density at radius 1 is 1.14 bits per heavy atom. The minimum absolute atomic E-state index is 0.197. The molecule has 0 aliphatic rings. The normalized spacial score (nSPS) is 11.1. The summed E-state index contributed by atoms with van der Waals surface area (Å²) in [4.78, 5) is 4.05. The second-order valence-electron chi connectivity index (χ2n) is 3.72. The third-order valence-electron chi connectivity index (χ3n) is 2.40. The number of hydrogen-bond donors (Lipinski definition) is 0. The summed E-state index contributed by atoms with van der Waals surface area (Å²) >= 11 is 0. The minimum atomic E-state index is -0.197. The third kappa shape index (κ3) is 1.37. The highest BCUT2D eigenvalue weighted by molar-refractivity contribution is 5.85. The van der Waals surface area contributed by atoms with Crippen molar-refractivity contribution in [3.05, 3.63) is 42.0 Å². The quantitative estimate of drug-likeness (QED) is 0.669. The molecule has 0 unspecified atom stereocenters. The van der Waals surface area contributed by atoms with Crippen LogP contribution in [0, 0.1) is 5.82 Å². The summed E-state index contributed by atoms with van der Waals surface area (Å²) in [6.07, 6.45) is 3.39. The fraction of sp³-hybridized carbons (Fsp3) is 0.250. The van der Waals surface area contributed by atoms with Crippen LogP contribution >= 0.6 is 0 Å². The Bertz CT molecular complexity index is 463. The SMILES string of the molecule is CC(C)c1cncc2c(F)cccc12. The summed E-state index contributed by atoms with van der Waals surface area (Å²) in [6, 6.07) is 5.15. The smallest absolute Gasteiger partial charge is 0.132 e. The number of fused-ring (bicyclic) bond motifs is 1. The maximum atomic E-state index is 13.4. The first-order valence-electron chi connectivity index (χ1n) is 4.72. The molecule has 72 valence electrons. The van der Waals surface area contributed by atoms with Gasteiger partial charge in [-0.1, -0.05) is 26.0 Å². The molecule has 1 aromatic heterocycles. The highest BCUT2D eigenvalue weighted by Crippen LogP contribution is 2.25. The Kier molecular flexibility index (Phi) is 2.20. The monoisotopic (exact) mass is 189 g/mol. The number of benzene rings is 1. The molecule has 0 aliphatic heterocycles. The lowest BCUT2D eigenvalue weighted by Gasteiger charge is -2.08. The van der Waals surface area contributed by atoms with Gasteiger partial charge in [0.2, 0.25) is 0 Å². The van der Waals surface area contributed by atoms with E-state index < -0.39 is 0 Å². The molecular formula is C12H12FN. The molecule has 0 saturated heterocycles. The van der Waals surface area contributed by atoms with Gasteiger partial charge in [0, 0.05) is 17.8 Å². The van der Waals surface area contributed by atoms with Gasteiger partial charge in [0.05, 0.1) is 0 Å². The lowest BCUT2D eigenvalue weighted by atomic mass is 9.99. The largest absolute Gasteiger partial charge is 0.264 e. The Balaban J connectivity index is 2.81. The van der Waals surface area contributed by atoms with Crippen molar-refractivity contribution in [3.8, 4) is 0 Å². The standard InChI is InChI=1S/C12H12FN/c1-8(2)10-6-14-7-11-9(10)4-3-5-12(11)13/h3-8H,1-2H3. The zero-order valence-electron chi connectivity index (χ0n) is 8.29. The Morgan fingerprint density at radius 2 is 1.93 bits per heavy atom. The van der Waals surface area contributed by atoms with E-state index in [4.69, 9.17) is 0 Å². The summed E-state index contributed by atoms with van der Waals surface area (Å²) < 4.78 is 13.4. The lowest BCUT2D eigenvalue weighted by molar-refractivity contribution is 0.639. The molecule has 0 amide bonds. The summed E-state index contributed by atoms with van der Waals surface area (Å²) in [5.74, 6) is 0.172. The second-order valence-corrected chi connectivity index (χ2v) is 3.72. The molecule has 2 aromatic rings. The highest BCUT2D eigenvalue weighted by Gasteiger charge is 2.07. The molecule has 0 saturated carbocycles. The van der Waals surface area contributed by atoms with Crippen LogP contribution in [-0.4, -0.2) is 4.98 Å². The summed E-state index contributed by atoms with van der Waals surface area (Å²) in [6.45, 7) is 4.17. The summed E-state index contributed by atoms with van der Waals surface area (Å²) in [5.41, 5.74) is 1.10. The number of halogens is 1. The minimum Gasteiger partial charge on any atom is -0.264 e. The lowest BCUT2D eigenvalue weighted by Crippen LogP contribution is -1.92. The maximum absolute atomic E-state index is 13.4. The number of pyridine rings is 1. The van der Waals surface area contributed by atoms with E-state index >= 15 is 0 Å². The predicted octanol–water partition coefficient (Wildman–Crippen LogP) is 3.50. The topological polar surface area (TPSA) is 12.9 Å². The van der Waals surface area contributed by atoms with Gasteiger partial charge < -0.3 is 0 Å². The first-order valence-corrected chi connectivity index (χ1v) is 4.72. The van der Waals surface area contributed by atoms with Gasteiger partial charge in [-0.2, -0.15) is 0 Å². The van der Waals surface area contributed by atoms with Crippen LogP contribution in [0.1, 0.15) is 25.3 Å². The Labute approximate surface area is 82.6 Å². The van der Waals surface area contributed by atoms with Gasteiger partial charge in [-0.15, -0.1) is 0 Å². The molecule has 14 heavy (non-hydrogen) atoms. The Hall–Kier alpha value is -1.44. The van der Waals surface area contributed by atoms with Crippen LogP contribution in [0.25, 0.3) is 10.8 Å². The van der Waals surface area contributed by atoms with Crippen LogP contribution in [0.4, 0.5) is 4.39 Å². The number of hydrogen-bond acceptors (Lipinski definition) is 1. The molecule has 0 N–H and O–H groups in total. The summed E-state index contributed by atoms with van der Waals surface area (Å²) in [7, 11) is 0. The van der Waals surface area contributed by atoms with E-state index in [1.165, 1.54) is 6.07 Å².